The monoisotopic (exact) mass is 377 g/mol. The molecule has 1 amide bonds. The number of aryl methyl sites for hydroxylation is 1. The Hall–Kier alpha value is -2.32. The maximum absolute atomic E-state index is 13.6. The van der Waals surface area contributed by atoms with Crippen molar-refractivity contribution in [2.45, 2.75) is 37.2 Å². The van der Waals surface area contributed by atoms with Gasteiger partial charge in [-0.3, -0.25) is 9.78 Å². The van der Waals surface area contributed by atoms with Crippen molar-refractivity contribution < 1.29 is 17.6 Å². The first-order chi connectivity index (χ1) is 12.4. The smallest absolute Gasteiger partial charge is 0.245 e. The maximum atomic E-state index is 13.6. The standard InChI is InChI=1S/C18H20FN3O3S/c1-13-4-5-14(9-17(13)19)10-21-18(23)12-22(15-6-7-15)26(24,25)16-3-2-8-20-11-16/h2-5,8-9,11,15H,6-7,10,12H2,1H3,(H,21,23). The third-order valence-electron chi connectivity index (χ3n) is 4.22. The number of carbonyl (C=O) groups is 1. The molecule has 1 aliphatic carbocycles. The summed E-state index contributed by atoms with van der Waals surface area (Å²) in [6, 6.07) is 7.57. The molecule has 1 fully saturated rings. The van der Waals surface area contributed by atoms with Gasteiger partial charge in [0.15, 0.2) is 0 Å². The maximum Gasteiger partial charge on any atom is 0.245 e. The van der Waals surface area contributed by atoms with Crippen LogP contribution < -0.4 is 5.32 Å². The molecule has 0 radical (unpaired) electrons. The summed E-state index contributed by atoms with van der Waals surface area (Å²) in [5.74, 6) is -0.763. The van der Waals surface area contributed by atoms with E-state index in [9.17, 15) is 17.6 Å². The highest BCUT2D eigenvalue weighted by atomic mass is 32.2. The van der Waals surface area contributed by atoms with Gasteiger partial charge in [-0.25, -0.2) is 12.8 Å². The molecule has 0 unspecified atom stereocenters. The number of pyridine rings is 1. The molecular formula is C18H20FN3O3S. The van der Waals surface area contributed by atoms with Crippen LogP contribution in [0, 0.1) is 12.7 Å². The molecule has 1 aliphatic rings. The van der Waals surface area contributed by atoms with Crippen LogP contribution in [0.1, 0.15) is 24.0 Å². The lowest BCUT2D eigenvalue weighted by Gasteiger charge is -2.21. The normalized spacial score (nSPS) is 14.4. The average Bonchev–Trinajstić information content (AvgIpc) is 3.46. The molecule has 8 heteroatoms. The molecule has 0 spiro atoms. The third kappa shape index (κ3) is 4.25. The van der Waals surface area contributed by atoms with Gasteiger partial charge in [0.2, 0.25) is 15.9 Å². The van der Waals surface area contributed by atoms with E-state index in [2.05, 4.69) is 10.3 Å². The van der Waals surface area contributed by atoms with E-state index in [1.807, 2.05) is 0 Å². The van der Waals surface area contributed by atoms with E-state index in [0.29, 0.717) is 11.1 Å². The zero-order valence-electron chi connectivity index (χ0n) is 14.4. The van der Waals surface area contributed by atoms with E-state index in [0.717, 1.165) is 12.8 Å². The van der Waals surface area contributed by atoms with Crippen molar-refractivity contribution in [2.24, 2.45) is 0 Å². The second-order valence-electron chi connectivity index (χ2n) is 6.33. The third-order valence-corrected chi connectivity index (χ3v) is 6.10. The minimum atomic E-state index is -3.78. The fourth-order valence-corrected chi connectivity index (χ4v) is 4.16. The van der Waals surface area contributed by atoms with Crippen LogP contribution in [0.3, 0.4) is 0 Å². The van der Waals surface area contributed by atoms with Crippen molar-refractivity contribution in [1.29, 1.82) is 0 Å². The number of carbonyl (C=O) groups excluding carboxylic acids is 1. The number of nitrogens with one attached hydrogen (secondary N) is 1. The minimum absolute atomic E-state index is 0.0697. The van der Waals surface area contributed by atoms with E-state index in [1.165, 1.54) is 28.8 Å². The van der Waals surface area contributed by atoms with Crippen molar-refractivity contribution in [1.82, 2.24) is 14.6 Å². The molecule has 1 N–H and O–H groups in total. The highest BCUT2D eigenvalue weighted by molar-refractivity contribution is 7.89. The Morgan fingerprint density at radius 3 is 2.73 bits per heavy atom. The number of rotatable bonds is 7. The lowest BCUT2D eigenvalue weighted by molar-refractivity contribution is -0.121. The number of hydrogen-bond donors (Lipinski definition) is 1. The first kappa shape index (κ1) is 18.5. The molecule has 1 heterocycles. The Bertz CT molecular complexity index is 899. The Balaban J connectivity index is 1.66. The van der Waals surface area contributed by atoms with E-state index < -0.39 is 15.9 Å². The average molecular weight is 377 g/mol. The molecule has 1 aromatic heterocycles. The lowest BCUT2D eigenvalue weighted by atomic mass is 10.1. The van der Waals surface area contributed by atoms with Crippen molar-refractivity contribution in [3.05, 3.63) is 59.7 Å². The van der Waals surface area contributed by atoms with E-state index in [-0.39, 0.29) is 29.8 Å². The zero-order valence-corrected chi connectivity index (χ0v) is 15.2. The summed E-state index contributed by atoms with van der Waals surface area (Å²) >= 11 is 0. The van der Waals surface area contributed by atoms with Gasteiger partial charge in [0.25, 0.3) is 0 Å². The first-order valence-electron chi connectivity index (χ1n) is 8.31. The number of halogens is 1. The molecule has 26 heavy (non-hydrogen) atoms. The topological polar surface area (TPSA) is 79.4 Å². The zero-order chi connectivity index (χ0) is 18.7. The molecule has 1 aromatic carbocycles. The molecule has 0 saturated heterocycles. The van der Waals surface area contributed by atoms with Crippen LogP contribution in [0.2, 0.25) is 0 Å². The molecule has 1 saturated carbocycles. The number of sulfonamides is 1. The second kappa shape index (κ2) is 7.51. The fraction of sp³-hybridized carbons (Fsp3) is 0.333. The van der Waals surface area contributed by atoms with Crippen LogP contribution in [0.4, 0.5) is 4.39 Å². The van der Waals surface area contributed by atoms with Crippen LogP contribution in [-0.2, 0) is 21.4 Å². The largest absolute Gasteiger partial charge is 0.351 e. The summed E-state index contributed by atoms with van der Waals surface area (Å²) in [4.78, 5) is 16.2. The molecule has 138 valence electrons. The summed E-state index contributed by atoms with van der Waals surface area (Å²) < 4.78 is 40.3. The Kier molecular flexibility index (Phi) is 5.33. The van der Waals surface area contributed by atoms with Crippen LogP contribution in [0.5, 0.6) is 0 Å². The number of benzene rings is 1. The van der Waals surface area contributed by atoms with Crippen molar-refractivity contribution >= 4 is 15.9 Å². The number of nitrogens with zero attached hydrogens (tertiary/aromatic N) is 2. The Morgan fingerprint density at radius 2 is 2.12 bits per heavy atom. The number of hydrogen-bond acceptors (Lipinski definition) is 4. The quantitative estimate of drug-likeness (QED) is 0.800. The number of aromatic nitrogens is 1. The minimum Gasteiger partial charge on any atom is -0.351 e. The van der Waals surface area contributed by atoms with Crippen molar-refractivity contribution in [3.63, 3.8) is 0 Å². The molecule has 2 aromatic rings. The highest BCUT2D eigenvalue weighted by Crippen LogP contribution is 2.31. The highest BCUT2D eigenvalue weighted by Gasteiger charge is 2.39. The van der Waals surface area contributed by atoms with Crippen LogP contribution in [-0.4, -0.2) is 36.2 Å². The van der Waals surface area contributed by atoms with Gasteiger partial charge in [-0.15, -0.1) is 0 Å². The molecular weight excluding hydrogens is 357 g/mol. The van der Waals surface area contributed by atoms with Gasteiger partial charge in [0.05, 0.1) is 6.54 Å². The molecule has 0 bridgehead atoms. The Morgan fingerprint density at radius 1 is 1.35 bits per heavy atom. The Labute approximate surface area is 152 Å². The van der Waals surface area contributed by atoms with Gasteiger partial charge >= 0.3 is 0 Å². The predicted molar refractivity (Wildman–Crippen MR) is 94.1 cm³/mol. The van der Waals surface area contributed by atoms with Crippen LogP contribution >= 0.6 is 0 Å². The van der Waals surface area contributed by atoms with Gasteiger partial charge in [0, 0.05) is 25.0 Å². The summed E-state index contributed by atoms with van der Waals surface area (Å²) in [6.07, 6.45) is 4.23. The van der Waals surface area contributed by atoms with Gasteiger partial charge < -0.3 is 5.32 Å². The van der Waals surface area contributed by atoms with Crippen LogP contribution in [0.15, 0.2) is 47.6 Å². The van der Waals surface area contributed by atoms with Gasteiger partial charge in [-0.05, 0) is 49.1 Å². The van der Waals surface area contributed by atoms with Gasteiger partial charge in [-0.1, -0.05) is 12.1 Å². The van der Waals surface area contributed by atoms with Crippen LogP contribution in [0.25, 0.3) is 0 Å². The lowest BCUT2D eigenvalue weighted by Crippen LogP contribution is -2.41. The second-order valence-corrected chi connectivity index (χ2v) is 8.22. The summed E-state index contributed by atoms with van der Waals surface area (Å²) in [5, 5.41) is 2.65. The fourth-order valence-electron chi connectivity index (χ4n) is 2.55. The van der Waals surface area contributed by atoms with Gasteiger partial charge in [-0.2, -0.15) is 4.31 Å². The van der Waals surface area contributed by atoms with Crippen molar-refractivity contribution in [3.8, 4) is 0 Å². The predicted octanol–water partition coefficient (Wildman–Crippen LogP) is 2.00. The molecule has 0 aliphatic heterocycles. The molecule has 6 nitrogen and oxygen atoms in total. The van der Waals surface area contributed by atoms with E-state index >= 15 is 0 Å². The SMILES string of the molecule is Cc1ccc(CNC(=O)CN(C2CC2)S(=O)(=O)c2cccnc2)cc1F. The summed E-state index contributed by atoms with van der Waals surface area (Å²) in [6.45, 7) is 1.53. The van der Waals surface area contributed by atoms with Gasteiger partial charge in [0.1, 0.15) is 10.7 Å². The van der Waals surface area contributed by atoms with E-state index in [4.69, 9.17) is 0 Å². The summed E-state index contributed by atoms with van der Waals surface area (Å²) in [7, 11) is -3.78. The van der Waals surface area contributed by atoms with E-state index in [1.54, 1.807) is 25.1 Å². The molecule has 0 atom stereocenters. The molecule has 3 rings (SSSR count). The number of amides is 1. The summed E-state index contributed by atoms with van der Waals surface area (Å²) in [5.41, 5.74) is 1.15. The van der Waals surface area contributed by atoms with Crippen molar-refractivity contribution in [2.75, 3.05) is 6.54 Å². The first-order valence-corrected chi connectivity index (χ1v) is 9.75.